The Morgan fingerprint density at radius 3 is 2.54 bits per heavy atom. The lowest BCUT2D eigenvalue weighted by molar-refractivity contribution is -0.143. The summed E-state index contributed by atoms with van der Waals surface area (Å²) in [5, 5.41) is 9.58. The predicted molar refractivity (Wildman–Crippen MR) is 88.8 cm³/mol. The first-order valence-corrected chi connectivity index (χ1v) is 8.47. The van der Waals surface area contributed by atoms with Gasteiger partial charge in [0.2, 0.25) is 0 Å². The molecule has 2 aliphatic rings. The highest BCUT2D eigenvalue weighted by Crippen LogP contribution is 2.38. The smallest absolute Gasteiger partial charge is 0.328 e. The van der Waals surface area contributed by atoms with E-state index in [2.05, 4.69) is 11.8 Å². The number of aliphatic carboxylic acids is 1. The van der Waals surface area contributed by atoms with Gasteiger partial charge in [0, 0.05) is 31.5 Å². The molecule has 2 saturated heterocycles. The van der Waals surface area contributed by atoms with Crippen molar-refractivity contribution in [1.82, 2.24) is 9.80 Å². The van der Waals surface area contributed by atoms with Gasteiger partial charge in [0.05, 0.1) is 6.61 Å². The van der Waals surface area contributed by atoms with Crippen LogP contribution in [0.3, 0.4) is 0 Å². The molecule has 0 saturated carbocycles. The summed E-state index contributed by atoms with van der Waals surface area (Å²) in [6.45, 7) is 6.58. The van der Waals surface area contributed by atoms with Gasteiger partial charge in [0.1, 0.15) is 5.72 Å². The Labute approximate surface area is 142 Å². The van der Waals surface area contributed by atoms with Gasteiger partial charge in [-0.05, 0) is 25.1 Å². The van der Waals surface area contributed by atoms with Gasteiger partial charge in [-0.2, -0.15) is 0 Å². The lowest BCUT2D eigenvalue weighted by atomic mass is 9.96. The van der Waals surface area contributed by atoms with Gasteiger partial charge in [0.25, 0.3) is 5.91 Å². The van der Waals surface area contributed by atoms with Crippen LogP contribution in [0.25, 0.3) is 0 Å². The van der Waals surface area contributed by atoms with Crippen molar-refractivity contribution in [2.24, 2.45) is 0 Å². The van der Waals surface area contributed by atoms with E-state index in [-0.39, 0.29) is 12.5 Å². The van der Waals surface area contributed by atoms with E-state index >= 15 is 0 Å². The fourth-order valence-corrected chi connectivity index (χ4v) is 3.72. The van der Waals surface area contributed by atoms with Crippen molar-refractivity contribution in [2.45, 2.75) is 38.5 Å². The van der Waals surface area contributed by atoms with E-state index in [9.17, 15) is 14.7 Å². The number of likely N-dealkylation sites (tertiary alicyclic amines) is 1. The van der Waals surface area contributed by atoms with Crippen LogP contribution in [0.1, 0.15) is 35.7 Å². The molecule has 1 N–H and O–H groups in total. The van der Waals surface area contributed by atoms with E-state index in [4.69, 9.17) is 4.74 Å². The quantitative estimate of drug-likeness (QED) is 0.913. The number of aryl methyl sites for hydroxylation is 1. The van der Waals surface area contributed by atoms with Crippen molar-refractivity contribution in [3.63, 3.8) is 0 Å². The Morgan fingerprint density at radius 2 is 1.96 bits per heavy atom. The number of ether oxygens (including phenoxy) is 1. The topological polar surface area (TPSA) is 70.1 Å². The predicted octanol–water partition coefficient (Wildman–Crippen LogP) is 1.73. The maximum Gasteiger partial charge on any atom is 0.328 e. The van der Waals surface area contributed by atoms with E-state index in [1.54, 1.807) is 12.1 Å². The van der Waals surface area contributed by atoms with Crippen LogP contribution in [0.5, 0.6) is 0 Å². The van der Waals surface area contributed by atoms with Crippen LogP contribution in [0, 0.1) is 6.92 Å². The summed E-state index contributed by atoms with van der Waals surface area (Å²) in [7, 11) is 0. The first-order chi connectivity index (χ1) is 11.5. The van der Waals surface area contributed by atoms with E-state index in [0.717, 1.165) is 25.2 Å². The van der Waals surface area contributed by atoms with Crippen molar-refractivity contribution in [3.05, 3.63) is 35.4 Å². The molecule has 1 atom stereocenters. The number of amides is 1. The lowest BCUT2D eigenvalue weighted by Gasteiger charge is -2.44. The molecule has 0 aliphatic carbocycles. The van der Waals surface area contributed by atoms with Gasteiger partial charge >= 0.3 is 5.97 Å². The highest BCUT2D eigenvalue weighted by atomic mass is 16.5. The van der Waals surface area contributed by atoms with E-state index < -0.39 is 17.7 Å². The molecule has 1 aromatic carbocycles. The van der Waals surface area contributed by atoms with Crippen LogP contribution in [-0.4, -0.2) is 64.8 Å². The van der Waals surface area contributed by atoms with Crippen LogP contribution in [0.2, 0.25) is 0 Å². The van der Waals surface area contributed by atoms with Crippen molar-refractivity contribution in [1.29, 1.82) is 0 Å². The largest absolute Gasteiger partial charge is 0.480 e. The van der Waals surface area contributed by atoms with Crippen LogP contribution < -0.4 is 0 Å². The Hall–Kier alpha value is -1.92. The Morgan fingerprint density at radius 1 is 1.29 bits per heavy atom. The van der Waals surface area contributed by atoms with Crippen LogP contribution in [-0.2, 0) is 9.53 Å². The summed E-state index contributed by atoms with van der Waals surface area (Å²) in [5.41, 5.74) is 0.597. The maximum atomic E-state index is 13.2. The van der Waals surface area contributed by atoms with Gasteiger partial charge in [0.15, 0.2) is 6.04 Å². The molecule has 0 unspecified atom stereocenters. The molecule has 24 heavy (non-hydrogen) atoms. The zero-order valence-corrected chi connectivity index (χ0v) is 14.2. The second-order valence-electron chi connectivity index (χ2n) is 6.54. The number of benzene rings is 1. The van der Waals surface area contributed by atoms with Gasteiger partial charge in [-0.3, -0.25) is 9.69 Å². The maximum absolute atomic E-state index is 13.2. The van der Waals surface area contributed by atoms with Gasteiger partial charge in [-0.15, -0.1) is 0 Å². The molecule has 2 fully saturated rings. The minimum Gasteiger partial charge on any atom is -0.480 e. The van der Waals surface area contributed by atoms with E-state index in [1.807, 2.05) is 19.1 Å². The molecule has 1 spiro atoms. The minimum absolute atomic E-state index is 0.0546. The Balaban J connectivity index is 1.94. The number of rotatable bonds is 3. The van der Waals surface area contributed by atoms with E-state index in [1.165, 1.54) is 4.90 Å². The molecular formula is C18H24N2O4. The highest BCUT2D eigenvalue weighted by Gasteiger charge is 2.54. The normalized spacial score (nSPS) is 23.6. The van der Waals surface area contributed by atoms with Gasteiger partial charge in [-0.25, -0.2) is 4.79 Å². The fourth-order valence-electron chi connectivity index (χ4n) is 3.72. The van der Waals surface area contributed by atoms with Gasteiger partial charge in [-0.1, -0.05) is 25.1 Å². The average Bonchev–Trinajstić information content (AvgIpc) is 2.94. The third-order valence-corrected chi connectivity index (χ3v) is 5.22. The number of hydrogen-bond donors (Lipinski definition) is 1. The number of nitrogens with zero attached hydrogens (tertiary/aromatic N) is 2. The van der Waals surface area contributed by atoms with Crippen molar-refractivity contribution in [2.75, 3.05) is 26.2 Å². The van der Waals surface area contributed by atoms with Crippen LogP contribution in [0.4, 0.5) is 0 Å². The lowest BCUT2D eigenvalue weighted by Crippen LogP contribution is -2.58. The second-order valence-corrected chi connectivity index (χ2v) is 6.54. The molecule has 130 valence electrons. The van der Waals surface area contributed by atoms with Gasteiger partial charge < -0.3 is 14.7 Å². The van der Waals surface area contributed by atoms with E-state index in [0.29, 0.717) is 18.4 Å². The first-order valence-electron chi connectivity index (χ1n) is 8.47. The molecule has 3 rings (SSSR count). The molecule has 2 heterocycles. The summed E-state index contributed by atoms with van der Waals surface area (Å²) in [4.78, 5) is 28.7. The summed E-state index contributed by atoms with van der Waals surface area (Å²) in [6, 6.07) is 6.37. The Bertz CT molecular complexity index is 638. The van der Waals surface area contributed by atoms with Crippen molar-refractivity contribution < 1.29 is 19.4 Å². The van der Waals surface area contributed by atoms with Crippen molar-refractivity contribution in [3.8, 4) is 0 Å². The summed E-state index contributed by atoms with van der Waals surface area (Å²) in [6.07, 6.45) is 1.28. The standard InChI is InChI=1S/C18H24N2O4/c1-3-19-10-8-18(9-11-19)20(15(12-24-18)17(22)23)16(21)14-7-5-4-6-13(14)2/h4-7,15H,3,8-12H2,1-2H3,(H,22,23)/t15-/m0/s1. The number of carboxylic acids is 1. The zero-order valence-electron chi connectivity index (χ0n) is 14.2. The monoisotopic (exact) mass is 332 g/mol. The fraction of sp³-hybridized carbons (Fsp3) is 0.556. The third kappa shape index (κ3) is 2.80. The first kappa shape index (κ1) is 16.9. The molecule has 6 heteroatoms. The average molecular weight is 332 g/mol. The minimum atomic E-state index is -1.01. The second kappa shape index (κ2) is 6.53. The molecule has 2 aliphatic heterocycles. The molecule has 0 aromatic heterocycles. The highest BCUT2D eigenvalue weighted by molar-refractivity contribution is 5.98. The summed E-state index contributed by atoms with van der Waals surface area (Å²) < 4.78 is 5.94. The van der Waals surface area contributed by atoms with Crippen LogP contribution in [0.15, 0.2) is 24.3 Å². The van der Waals surface area contributed by atoms with Crippen molar-refractivity contribution >= 4 is 11.9 Å². The molecule has 0 bridgehead atoms. The molecule has 6 nitrogen and oxygen atoms in total. The summed E-state index contributed by atoms with van der Waals surface area (Å²) >= 11 is 0. The number of piperidine rings is 1. The molecule has 0 radical (unpaired) electrons. The zero-order chi connectivity index (χ0) is 17.3. The summed E-state index contributed by atoms with van der Waals surface area (Å²) in [5.74, 6) is -1.25. The Kier molecular flexibility index (Phi) is 4.60. The molecule has 1 amide bonds. The van der Waals surface area contributed by atoms with Crippen LogP contribution >= 0.6 is 0 Å². The number of carbonyl (C=O) groups excluding carboxylic acids is 1. The molecular weight excluding hydrogens is 308 g/mol. The number of carboxylic acid groups (broad SMARTS) is 1. The number of hydrogen-bond acceptors (Lipinski definition) is 4. The SMILES string of the molecule is CCN1CCC2(CC1)OC[C@@H](C(=O)O)N2C(=O)c1ccccc1C. The number of carbonyl (C=O) groups is 2. The molecule has 1 aromatic rings. The third-order valence-electron chi connectivity index (χ3n) is 5.22.